The van der Waals surface area contributed by atoms with E-state index < -0.39 is 0 Å². The van der Waals surface area contributed by atoms with E-state index in [-0.39, 0.29) is 66.1 Å². The number of ketones is 1. The van der Waals surface area contributed by atoms with Crippen LogP contribution < -0.4 is 0 Å². The molecule has 6 atom stereocenters. The first-order valence-corrected chi connectivity index (χ1v) is 19.7. The van der Waals surface area contributed by atoms with E-state index in [4.69, 9.17) is 23.7 Å². The molecule has 0 aliphatic heterocycles. The van der Waals surface area contributed by atoms with Crippen LogP contribution in [-0.2, 0) is 42.9 Å². The predicted octanol–water partition coefficient (Wildman–Crippen LogP) is 6.63. The average molecular weight is 709 g/mol. The summed E-state index contributed by atoms with van der Waals surface area (Å²) in [5, 5.41) is 0. The van der Waals surface area contributed by atoms with Gasteiger partial charge in [-0.2, -0.15) is 0 Å². The Labute approximate surface area is 304 Å². The van der Waals surface area contributed by atoms with Gasteiger partial charge in [0.15, 0.2) is 5.78 Å². The van der Waals surface area contributed by atoms with Crippen molar-refractivity contribution >= 4 is 24.0 Å². The molecule has 0 aromatic heterocycles. The van der Waals surface area contributed by atoms with Gasteiger partial charge >= 0.3 is 11.9 Å². The second-order valence-corrected chi connectivity index (χ2v) is 17.1. The molecule has 7 aliphatic rings. The molecule has 9 heteroatoms. The zero-order valence-corrected chi connectivity index (χ0v) is 31.1. The smallest absolute Gasteiger partial charge is 0.330 e. The van der Waals surface area contributed by atoms with Crippen molar-refractivity contribution in [1.82, 2.24) is 0 Å². The fourth-order valence-electron chi connectivity index (χ4n) is 11.6. The molecule has 4 bridgehead atoms. The Morgan fingerprint density at radius 1 is 0.882 bits per heavy atom. The van der Waals surface area contributed by atoms with E-state index in [1.807, 2.05) is 19.1 Å². The number of carbonyl (C=O) groups is 4. The first-order valence-electron chi connectivity index (χ1n) is 19.7. The Bertz CT molecular complexity index is 1330. The SMILES string of the molecule is CC1=CC(=O)[C@H]2/C(C=O)=C\C[C@H]3[C@@H]([C@@H](C)/C=C/C(=O)OCCOCCOCCOCCOC(=O)CC45CC6CC(CC(C6)C4)C5)CC[C@]3(C)C[C@H]12. The molecular formula is C42H60O9. The van der Waals surface area contributed by atoms with Crippen molar-refractivity contribution in [3.05, 3.63) is 35.5 Å². The maximum atomic E-state index is 12.7. The summed E-state index contributed by atoms with van der Waals surface area (Å²) < 4.78 is 27.5. The second-order valence-electron chi connectivity index (χ2n) is 17.1. The van der Waals surface area contributed by atoms with E-state index in [9.17, 15) is 19.2 Å². The largest absolute Gasteiger partial charge is 0.463 e. The van der Waals surface area contributed by atoms with Gasteiger partial charge in [-0.05, 0) is 135 Å². The number of allylic oxidation sites excluding steroid dienone is 5. The zero-order chi connectivity index (χ0) is 36.0. The zero-order valence-electron chi connectivity index (χ0n) is 31.1. The minimum Gasteiger partial charge on any atom is -0.463 e. The van der Waals surface area contributed by atoms with Crippen LogP contribution in [0.5, 0.6) is 0 Å². The maximum Gasteiger partial charge on any atom is 0.330 e. The lowest BCUT2D eigenvalue weighted by atomic mass is 9.49. The Hall–Kier alpha value is -2.62. The van der Waals surface area contributed by atoms with Gasteiger partial charge in [0.25, 0.3) is 0 Å². The molecule has 0 aromatic carbocycles. The first-order chi connectivity index (χ1) is 24.6. The van der Waals surface area contributed by atoms with E-state index in [1.165, 1.54) is 44.6 Å². The molecule has 7 aliphatic carbocycles. The summed E-state index contributed by atoms with van der Waals surface area (Å²) >= 11 is 0. The van der Waals surface area contributed by atoms with Crippen molar-refractivity contribution in [3.63, 3.8) is 0 Å². The van der Waals surface area contributed by atoms with Crippen LogP contribution in [0, 0.1) is 58.2 Å². The van der Waals surface area contributed by atoms with Gasteiger partial charge in [-0.3, -0.25) is 14.4 Å². The molecule has 0 saturated heterocycles. The van der Waals surface area contributed by atoms with Crippen LogP contribution in [0.2, 0.25) is 0 Å². The van der Waals surface area contributed by atoms with Crippen LogP contribution >= 0.6 is 0 Å². The summed E-state index contributed by atoms with van der Waals surface area (Å²) in [5.41, 5.74) is 2.01. The topological polar surface area (TPSA) is 114 Å². The number of aldehydes is 1. The molecule has 0 aromatic rings. The van der Waals surface area contributed by atoms with E-state index in [0.717, 1.165) is 55.3 Å². The molecule has 5 fully saturated rings. The van der Waals surface area contributed by atoms with Crippen LogP contribution in [0.3, 0.4) is 0 Å². The Balaban J connectivity index is 0.782. The van der Waals surface area contributed by atoms with Crippen LogP contribution in [0.1, 0.15) is 91.4 Å². The number of esters is 2. The summed E-state index contributed by atoms with van der Waals surface area (Å²) in [7, 11) is 0. The van der Waals surface area contributed by atoms with Gasteiger partial charge in [-0.15, -0.1) is 0 Å². The molecule has 7 rings (SSSR count). The highest BCUT2D eigenvalue weighted by molar-refractivity contribution is 6.01. The van der Waals surface area contributed by atoms with Gasteiger partial charge in [-0.1, -0.05) is 31.6 Å². The summed E-state index contributed by atoms with van der Waals surface area (Å²) in [6.45, 7) is 9.28. The lowest BCUT2D eigenvalue weighted by molar-refractivity contribution is -0.153. The minimum absolute atomic E-state index is 0.0658. The normalized spacial score (nSPS) is 36.8. The third kappa shape index (κ3) is 9.31. The van der Waals surface area contributed by atoms with Gasteiger partial charge in [-0.25, -0.2) is 4.79 Å². The quantitative estimate of drug-likeness (QED) is 0.0670. The van der Waals surface area contributed by atoms with E-state index in [1.54, 1.807) is 6.08 Å². The Morgan fingerprint density at radius 3 is 2.08 bits per heavy atom. The Morgan fingerprint density at radius 2 is 1.47 bits per heavy atom. The van der Waals surface area contributed by atoms with Gasteiger partial charge in [0, 0.05) is 6.08 Å². The fourth-order valence-corrected chi connectivity index (χ4v) is 11.6. The van der Waals surface area contributed by atoms with Crippen LogP contribution in [0.4, 0.5) is 0 Å². The maximum absolute atomic E-state index is 12.7. The molecule has 0 heterocycles. The standard InChI is InChI=1S/C42H60O9/c1-28(34-8-9-41(3)25-35-29(2)18-37(44)40(35)33(27-43)5-6-36(34)41)4-7-38(45)50-16-14-48-12-10-47-11-13-49-15-17-51-39(46)26-42-22-30-19-31(23-42)21-32(20-30)24-42/h4-5,7,18,27-28,30-32,34-36,40H,6,8-17,19-26H2,1-3H3/b7-4+,33-5-/t28-,30?,31?,32?,34+,35+,36-,40-,41+,42?/m0/s1. The van der Waals surface area contributed by atoms with Gasteiger partial charge in [0.2, 0.25) is 0 Å². The first kappa shape index (κ1) is 38.1. The van der Waals surface area contributed by atoms with Crippen molar-refractivity contribution in [2.45, 2.75) is 91.4 Å². The lowest BCUT2D eigenvalue weighted by Gasteiger charge is -2.56. The number of hydrogen-bond acceptors (Lipinski definition) is 9. The van der Waals surface area contributed by atoms with Crippen LogP contribution in [-0.4, -0.2) is 76.9 Å². The number of hydrogen-bond donors (Lipinski definition) is 0. The molecule has 0 radical (unpaired) electrons. The molecule has 5 saturated carbocycles. The van der Waals surface area contributed by atoms with Crippen LogP contribution in [0.25, 0.3) is 0 Å². The summed E-state index contributed by atoms with van der Waals surface area (Å²) in [4.78, 5) is 49.6. The summed E-state index contributed by atoms with van der Waals surface area (Å²) in [6.07, 6.45) is 20.3. The molecule has 51 heavy (non-hydrogen) atoms. The van der Waals surface area contributed by atoms with E-state index in [2.05, 4.69) is 13.8 Å². The predicted molar refractivity (Wildman–Crippen MR) is 191 cm³/mol. The van der Waals surface area contributed by atoms with E-state index >= 15 is 0 Å². The molecule has 0 N–H and O–H groups in total. The van der Waals surface area contributed by atoms with Gasteiger partial charge < -0.3 is 23.7 Å². The minimum atomic E-state index is -0.382. The molecule has 9 nitrogen and oxygen atoms in total. The van der Waals surface area contributed by atoms with Crippen molar-refractivity contribution in [3.8, 4) is 0 Å². The van der Waals surface area contributed by atoms with E-state index in [0.29, 0.717) is 56.9 Å². The lowest BCUT2D eigenvalue weighted by Crippen LogP contribution is -2.47. The summed E-state index contributed by atoms with van der Waals surface area (Å²) in [6, 6.07) is 0. The molecule has 0 unspecified atom stereocenters. The highest BCUT2D eigenvalue weighted by Gasteiger charge is 2.52. The average Bonchev–Trinajstić information content (AvgIpc) is 3.53. The number of ether oxygens (including phenoxy) is 5. The fraction of sp³-hybridized carbons (Fsp3) is 0.762. The second kappa shape index (κ2) is 17.0. The molecule has 282 valence electrons. The summed E-state index contributed by atoms with van der Waals surface area (Å²) in [5.74, 6) is 2.83. The molecular weight excluding hydrogens is 648 g/mol. The van der Waals surface area contributed by atoms with Gasteiger partial charge in [0.1, 0.15) is 19.5 Å². The number of rotatable bonds is 18. The van der Waals surface area contributed by atoms with Crippen molar-refractivity contribution < 1.29 is 42.9 Å². The molecule has 0 amide bonds. The highest BCUT2D eigenvalue weighted by atomic mass is 16.6. The number of fused-ring (bicyclic) bond motifs is 2. The van der Waals surface area contributed by atoms with Gasteiger partial charge in [0.05, 0.1) is 52.0 Å². The van der Waals surface area contributed by atoms with Crippen molar-refractivity contribution in [2.75, 3.05) is 52.9 Å². The van der Waals surface area contributed by atoms with Crippen molar-refractivity contribution in [2.24, 2.45) is 58.2 Å². The Kier molecular flexibility index (Phi) is 12.7. The number of carbonyl (C=O) groups excluding carboxylic acids is 4. The van der Waals surface area contributed by atoms with Crippen molar-refractivity contribution in [1.29, 1.82) is 0 Å². The molecule has 0 spiro atoms. The third-order valence-electron chi connectivity index (χ3n) is 13.5. The monoisotopic (exact) mass is 708 g/mol. The third-order valence-corrected chi connectivity index (χ3v) is 13.5. The highest BCUT2D eigenvalue weighted by Crippen LogP contribution is 2.61. The van der Waals surface area contributed by atoms with Crippen LogP contribution in [0.15, 0.2) is 35.5 Å².